The van der Waals surface area contributed by atoms with E-state index in [0.717, 1.165) is 38.5 Å². The van der Waals surface area contributed by atoms with Gasteiger partial charge in [-0.25, -0.2) is 0 Å². The molecule has 0 atom stereocenters. The number of carboxylic acid groups (broad SMARTS) is 2. The molecule has 0 saturated carbocycles. The van der Waals surface area contributed by atoms with Crippen molar-refractivity contribution >= 4 is 35.1 Å². The molecule has 45 heavy (non-hydrogen) atoms. The summed E-state index contributed by atoms with van der Waals surface area (Å²) in [6, 6.07) is 0. The number of hydrogen-bond donors (Lipinski definition) is 0. The Morgan fingerprint density at radius 3 is 0.689 bits per heavy atom. The van der Waals surface area contributed by atoms with Crippen LogP contribution in [0.4, 0.5) is 0 Å². The number of carbonyl (C=O) groups is 6. The summed E-state index contributed by atoms with van der Waals surface area (Å²) >= 11 is 0. The van der Waals surface area contributed by atoms with Gasteiger partial charge in [-0.3, -0.25) is 19.2 Å². The minimum atomic E-state index is -1.89. The molecular formula is C36H62CuO8. The smallest absolute Gasteiger partial charge is 0.541 e. The number of aliphatic carboxylic acids is 2. The summed E-state index contributed by atoms with van der Waals surface area (Å²) in [6.07, 6.45) is 31.2. The van der Waals surface area contributed by atoms with Crippen LogP contribution in [0.25, 0.3) is 0 Å². The normalized spacial score (nSPS) is 10.4. The van der Waals surface area contributed by atoms with Crippen LogP contribution < -0.4 is 10.2 Å². The van der Waals surface area contributed by atoms with E-state index in [2.05, 4.69) is 13.8 Å². The number of rotatable bonds is 32. The zero-order valence-corrected chi connectivity index (χ0v) is 29.3. The second-order valence-electron chi connectivity index (χ2n) is 12.1. The quantitative estimate of drug-likeness (QED) is 0.0328. The van der Waals surface area contributed by atoms with Gasteiger partial charge in [-0.1, -0.05) is 168 Å². The molecule has 0 rings (SSSR count). The third-order valence-corrected chi connectivity index (χ3v) is 7.89. The molecule has 0 aromatic rings. The summed E-state index contributed by atoms with van der Waals surface area (Å²) in [5, 5.41) is 20.4. The number of unbranched alkanes of at least 4 members (excludes halogenated alkanes) is 24. The van der Waals surface area contributed by atoms with Gasteiger partial charge in [-0.05, 0) is 12.8 Å². The molecule has 0 aliphatic heterocycles. The van der Waals surface area contributed by atoms with Crippen molar-refractivity contribution in [2.24, 2.45) is 0 Å². The minimum Gasteiger partial charge on any atom is -0.541 e. The molecule has 0 aromatic carbocycles. The number of hydrogen-bond acceptors (Lipinski definition) is 8. The van der Waals surface area contributed by atoms with Crippen LogP contribution in [0.2, 0.25) is 0 Å². The molecule has 1 radical (unpaired) electrons. The van der Waals surface area contributed by atoms with Crippen LogP contribution in [0.15, 0.2) is 0 Å². The molecule has 9 heteroatoms. The van der Waals surface area contributed by atoms with Crippen molar-refractivity contribution in [3.05, 3.63) is 0 Å². The third kappa shape index (κ3) is 34.8. The van der Waals surface area contributed by atoms with E-state index in [1.54, 1.807) is 0 Å². The Labute approximate surface area is 284 Å². The van der Waals surface area contributed by atoms with Gasteiger partial charge in [0.15, 0.2) is 0 Å². The molecule has 0 heterocycles. The SMILES string of the molecule is CCCCCCCCCCCCCCCC(=O)C(=O)C(=O)[O-].CCCCCCCCCCCCCCCC(=O)C(=O)C(=O)[O-].[Cu+2]. The fourth-order valence-corrected chi connectivity index (χ4v) is 5.06. The molecule has 0 bridgehead atoms. The summed E-state index contributed by atoms with van der Waals surface area (Å²) in [5.41, 5.74) is 0. The van der Waals surface area contributed by atoms with Crippen LogP contribution in [0.3, 0.4) is 0 Å². The van der Waals surface area contributed by atoms with E-state index in [9.17, 15) is 39.0 Å². The Bertz CT molecular complexity index is 717. The predicted octanol–water partition coefficient (Wildman–Crippen LogP) is 6.71. The minimum absolute atomic E-state index is 0. The van der Waals surface area contributed by atoms with Crippen molar-refractivity contribution in [1.29, 1.82) is 0 Å². The maximum Gasteiger partial charge on any atom is 2.00 e. The van der Waals surface area contributed by atoms with Gasteiger partial charge >= 0.3 is 17.1 Å². The Balaban J connectivity index is -0.000000767. The van der Waals surface area contributed by atoms with Crippen molar-refractivity contribution in [3.63, 3.8) is 0 Å². The van der Waals surface area contributed by atoms with E-state index in [4.69, 9.17) is 0 Å². The zero-order valence-electron chi connectivity index (χ0n) is 28.4. The summed E-state index contributed by atoms with van der Waals surface area (Å²) in [7, 11) is 0. The van der Waals surface area contributed by atoms with Crippen molar-refractivity contribution in [1.82, 2.24) is 0 Å². The van der Waals surface area contributed by atoms with Crippen LogP contribution >= 0.6 is 0 Å². The Hall–Kier alpha value is -1.86. The van der Waals surface area contributed by atoms with E-state index in [-0.39, 0.29) is 29.9 Å². The predicted molar refractivity (Wildman–Crippen MR) is 171 cm³/mol. The molecule has 0 unspecified atom stereocenters. The van der Waals surface area contributed by atoms with E-state index in [0.29, 0.717) is 12.8 Å². The maximum absolute atomic E-state index is 11.1. The first-order valence-corrected chi connectivity index (χ1v) is 17.8. The standard InChI is InChI=1S/2C18H32O4.Cu/c2*1-2-3-4-5-6-7-8-9-10-11-12-13-14-15-16(19)17(20)18(21)22;/h2*2-15H2,1H3,(H,21,22);/q;;+2/p-2. The molecule has 0 aliphatic carbocycles. The molecule has 8 nitrogen and oxygen atoms in total. The first kappa shape index (κ1) is 47.5. The Kier molecular flexibility index (Phi) is 38.7. The summed E-state index contributed by atoms with van der Waals surface area (Å²) < 4.78 is 0. The van der Waals surface area contributed by atoms with Gasteiger partial charge in [0, 0.05) is 12.8 Å². The number of ketones is 4. The van der Waals surface area contributed by atoms with Gasteiger partial charge in [-0.15, -0.1) is 0 Å². The summed E-state index contributed by atoms with van der Waals surface area (Å²) in [4.78, 5) is 64.2. The molecule has 0 amide bonds. The molecular weight excluding hydrogens is 624 g/mol. The molecule has 0 spiro atoms. The molecule has 0 saturated heterocycles. The van der Waals surface area contributed by atoms with Crippen LogP contribution in [0, 0.1) is 0 Å². The molecule has 0 N–H and O–H groups in total. The Morgan fingerprint density at radius 2 is 0.511 bits per heavy atom. The largest absolute Gasteiger partial charge is 2.00 e. The van der Waals surface area contributed by atoms with Gasteiger partial charge < -0.3 is 19.8 Å². The molecule has 265 valence electrons. The van der Waals surface area contributed by atoms with Gasteiger partial charge in [0.25, 0.3) is 0 Å². The van der Waals surface area contributed by atoms with Gasteiger partial charge in [0.2, 0.25) is 23.1 Å². The molecule has 0 fully saturated rings. The molecule has 0 aromatic heterocycles. The van der Waals surface area contributed by atoms with Crippen molar-refractivity contribution in [2.45, 2.75) is 194 Å². The third-order valence-electron chi connectivity index (χ3n) is 7.89. The van der Waals surface area contributed by atoms with Crippen molar-refractivity contribution in [2.75, 3.05) is 0 Å². The number of carbonyl (C=O) groups excluding carboxylic acids is 6. The van der Waals surface area contributed by atoms with Gasteiger partial charge in [0.1, 0.15) is 11.9 Å². The fraction of sp³-hybridized carbons (Fsp3) is 0.833. The average molecular weight is 686 g/mol. The number of carboxylic acids is 2. The van der Waals surface area contributed by atoms with Crippen LogP contribution in [0.5, 0.6) is 0 Å². The van der Waals surface area contributed by atoms with E-state index in [1.807, 2.05) is 0 Å². The first-order valence-electron chi connectivity index (χ1n) is 17.8. The van der Waals surface area contributed by atoms with Crippen LogP contribution in [-0.2, 0) is 45.8 Å². The molecule has 0 aliphatic rings. The van der Waals surface area contributed by atoms with Crippen molar-refractivity contribution < 1.29 is 56.0 Å². The topological polar surface area (TPSA) is 149 Å². The second kappa shape index (κ2) is 36.6. The summed E-state index contributed by atoms with van der Waals surface area (Å²) in [6.45, 7) is 4.47. The monoisotopic (exact) mass is 685 g/mol. The van der Waals surface area contributed by atoms with E-state index in [1.165, 1.54) is 116 Å². The first-order chi connectivity index (χ1) is 21.2. The van der Waals surface area contributed by atoms with Crippen LogP contribution in [-0.4, -0.2) is 35.1 Å². The van der Waals surface area contributed by atoms with Crippen molar-refractivity contribution in [3.8, 4) is 0 Å². The maximum atomic E-state index is 11.1. The zero-order chi connectivity index (χ0) is 33.3. The second-order valence-corrected chi connectivity index (χ2v) is 12.1. The fourth-order valence-electron chi connectivity index (χ4n) is 5.06. The summed E-state index contributed by atoms with van der Waals surface area (Å²) in [5.74, 6) is -8.22. The van der Waals surface area contributed by atoms with Crippen LogP contribution in [0.1, 0.15) is 194 Å². The average Bonchev–Trinajstić information content (AvgIpc) is 3.00. The number of Topliss-reactive ketones (excluding diaryl/α,β-unsaturated/α-hetero) is 4. The van der Waals surface area contributed by atoms with Gasteiger partial charge in [0.05, 0.1) is 0 Å². The van der Waals surface area contributed by atoms with E-state index >= 15 is 0 Å². The van der Waals surface area contributed by atoms with Gasteiger partial charge in [-0.2, -0.15) is 0 Å². The Morgan fingerprint density at radius 1 is 0.333 bits per heavy atom. The van der Waals surface area contributed by atoms with E-state index < -0.39 is 35.1 Å².